The Bertz CT molecular complexity index is 1110. The van der Waals surface area contributed by atoms with Gasteiger partial charge in [0.2, 0.25) is 10.0 Å². The van der Waals surface area contributed by atoms with Gasteiger partial charge in [0.1, 0.15) is 5.75 Å². The molecule has 0 radical (unpaired) electrons. The molecule has 0 amide bonds. The molecule has 8 heteroatoms. The van der Waals surface area contributed by atoms with Crippen LogP contribution in [0, 0.1) is 19.8 Å². The number of piperidine rings is 1. The number of fused-ring (bicyclic) bond motifs is 1. The zero-order valence-electron chi connectivity index (χ0n) is 18.2. The number of aromatic nitrogens is 1. The van der Waals surface area contributed by atoms with Crippen LogP contribution in [0.2, 0.25) is 0 Å². The molecule has 2 aromatic carbocycles. The predicted octanol–water partition coefficient (Wildman–Crippen LogP) is 4.51. The standard InChI is InChI=1S/C23H29N3O3S2/c1-4-29-22-16(2)13-19(14-17(22)3)31(27,28)24-15-18-9-11-26(12-10-18)23-25-20-7-5-6-8-21(20)30-23/h5-8,13-14,18,24H,4,9-12,15H2,1-3H3. The zero-order valence-corrected chi connectivity index (χ0v) is 19.9. The Kier molecular flexibility index (Phi) is 6.50. The number of nitrogens with one attached hydrogen (secondary N) is 1. The van der Waals surface area contributed by atoms with Crippen molar-refractivity contribution >= 4 is 36.7 Å². The Balaban J connectivity index is 1.35. The highest BCUT2D eigenvalue weighted by molar-refractivity contribution is 7.89. The van der Waals surface area contributed by atoms with E-state index < -0.39 is 10.0 Å². The molecule has 1 fully saturated rings. The molecule has 1 aliphatic rings. The third-order valence-electron chi connectivity index (χ3n) is 5.76. The van der Waals surface area contributed by atoms with Crippen molar-refractivity contribution in [3.63, 3.8) is 0 Å². The second-order valence-electron chi connectivity index (χ2n) is 8.07. The smallest absolute Gasteiger partial charge is 0.240 e. The zero-order chi connectivity index (χ0) is 22.0. The number of nitrogens with zero attached hydrogens (tertiary/aromatic N) is 2. The summed E-state index contributed by atoms with van der Waals surface area (Å²) in [6.07, 6.45) is 1.89. The van der Waals surface area contributed by atoms with E-state index in [9.17, 15) is 8.42 Å². The molecule has 0 atom stereocenters. The fourth-order valence-corrected chi connectivity index (χ4v) is 6.38. The van der Waals surface area contributed by atoms with Crippen LogP contribution in [0.5, 0.6) is 5.75 Å². The van der Waals surface area contributed by atoms with Gasteiger partial charge >= 0.3 is 0 Å². The highest BCUT2D eigenvalue weighted by Crippen LogP contribution is 2.31. The number of hydrogen-bond acceptors (Lipinski definition) is 6. The Morgan fingerprint density at radius 1 is 1.16 bits per heavy atom. The maximum absolute atomic E-state index is 12.9. The minimum absolute atomic E-state index is 0.304. The summed E-state index contributed by atoms with van der Waals surface area (Å²) in [5.41, 5.74) is 2.72. The minimum atomic E-state index is -3.55. The molecule has 0 aliphatic carbocycles. The van der Waals surface area contributed by atoms with E-state index in [2.05, 4.69) is 15.7 Å². The maximum atomic E-state index is 12.9. The number of aryl methyl sites for hydroxylation is 2. The van der Waals surface area contributed by atoms with Crippen molar-refractivity contribution in [2.24, 2.45) is 5.92 Å². The van der Waals surface area contributed by atoms with Gasteiger partial charge in [0.25, 0.3) is 0 Å². The van der Waals surface area contributed by atoms with Gasteiger partial charge in [-0.05, 0) is 74.9 Å². The average molecular weight is 460 g/mol. The monoisotopic (exact) mass is 459 g/mol. The highest BCUT2D eigenvalue weighted by Gasteiger charge is 2.24. The van der Waals surface area contributed by atoms with Crippen LogP contribution in [0.1, 0.15) is 30.9 Å². The third kappa shape index (κ3) is 4.86. The highest BCUT2D eigenvalue weighted by atomic mass is 32.2. The van der Waals surface area contributed by atoms with Gasteiger partial charge in [-0.3, -0.25) is 0 Å². The van der Waals surface area contributed by atoms with Gasteiger partial charge in [0.15, 0.2) is 5.13 Å². The molecule has 0 bridgehead atoms. The van der Waals surface area contributed by atoms with Gasteiger partial charge in [-0.15, -0.1) is 0 Å². The normalized spacial score (nSPS) is 15.5. The van der Waals surface area contributed by atoms with Crippen LogP contribution in [0.25, 0.3) is 10.2 Å². The summed E-state index contributed by atoms with van der Waals surface area (Å²) < 4.78 is 35.4. The van der Waals surface area contributed by atoms with E-state index in [1.54, 1.807) is 23.5 Å². The minimum Gasteiger partial charge on any atom is -0.493 e. The maximum Gasteiger partial charge on any atom is 0.240 e. The van der Waals surface area contributed by atoms with Gasteiger partial charge in [0.05, 0.1) is 21.7 Å². The fourth-order valence-electron chi connectivity index (χ4n) is 4.07. The summed E-state index contributed by atoms with van der Waals surface area (Å²) in [6, 6.07) is 11.6. The molecule has 166 valence electrons. The van der Waals surface area contributed by atoms with E-state index in [0.29, 0.717) is 24.0 Å². The lowest BCUT2D eigenvalue weighted by Crippen LogP contribution is -2.38. The molecule has 1 aromatic heterocycles. The first-order chi connectivity index (χ1) is 14.9. The Hall–Kier alpha value is -2.16. The van der Waals surface area contributed by atoms with Crippen molar-refractivity contribution in [2.75, 3.05) is 31.1 Å². The number of rotatable bonds is 7. The molecule has 2 heterocycles. The number of sulfonamides is 1. The molecule has 0 saturated carbocycles. The van der Waals surface area contributed by atoms with Gasteiger partial charge in [-0.25, -0.2) is 18.1 Å². The summed E-state index contributed by atoms with van der Waals surface area (Å²) in [5.74, 6) is 1.09. The van der Waals surface area contributed by atoms with E-state index in [1.165, 1.54) is 4.70 Å². The number of para-hydroxylation sites is 1. The first-order valence-corrected chi connectivity index (χ1v) is 13.0. The SMILES string of the molecule is CCOc1c(C)cc(S(=O)(=O)NCC2CCN(c3nc4ccccc4s3)CC2)cc1C. The topological polar surface area (TPSA) is 71.5 Å². The van der Waals surface area contributed by atoms with Crippen molar-refractivity contribution in [2.45, 2.75) is 38.5 Å². The van der Waals surface area contributed by atoms with Crippen molar-refractivity contribution < 1.29 is 13.2 Å². The number of benzene rings is 2. The number of anilines is 1. The summed E-state index contributed by atoms with van der Waals surface area (Å²) >= 11 is 1.72. The predicted molar refractivity (Wildman–Crippen MR) is 127 cm³/mol. The second-order valence-corrected chi connectivity index (χ2v) is 10.8. The van der Waals surface area contributed by atoms with Crippen LogP contribution in [0.15, 0.2) is 41.3 Å². The van der Waals surface area contributed by atoms with Crippen LogP contribution in [0.4, 0.5) is 5.13 Å². The number of hydrogen-bond donors (Lipinski definition) is 1. The molecule has 0 spiro atoms. The molecule has 1 saturated heterocycles. The van der Waals surface area contributed by atoms with Gasteiger partial charge < -0.3 is 9.64 Å². The van der Waals surface area contributed by atoms with Crippen LogP contribution in [0.3, 0.4) is 0 Å². The van der Waals surface area contributed by atoms with Gasteiger partial charge in [-0.2, -0.15) is 0 Å². The van der Waals surface area contributed by atoms with E-state index in [4.69, 9.17) is 9.72 Å². The Morgan fingerprint density at radius 2 is 1.84 bits per heavy atom. The molecule has 6 nitrogen and oxygen atoms in total. The first kappa shape index (κ1) is 22.0. The van der Waals surface area contributed by atoms with Crippen molar-refractivity contribution in [1.29, 1.82) is 0 Å². The van der Waals surface area contributed by atoms with Crippen molar-refractivity contribution in [3.8, 4) is 5.75 Å². The summed E-state index contributed by atoms with van der Waals surface area (Å²) in [5, 5.41) is 1.06. The second kappa shape index (κ2) is 9.14. The molecule has 1 aliphatic heterocycles. The lowest BCUT2D eigenvalue weighted by atomic mass is 9.97. The lowest BCUT2D eigenvalue weighted by molar-refractivity contribution is 0.335. The van der Waals surface area contributed by atoms with Crippen LogP contribution >= 0.6 is 11.3 Å². The average Bonchev–Trinajstić information content (AvgIpc) is 3.19. The first-order valence-electron chi connectivity index (χ1n) is 10.7. The van der Waals surface area contributed by atoms with E-state index in [1.807, 2.05) is 39.0 Å². The molecule has 31 heavy (non-hydrogen) atoms. The molecule has 0 unspecified atom stereocenters. The van der Waals surface area contributed by atoms with Gasteiger partial charge in [0, 0.05) is 19.6 Å². The summed E-state index contributed by atoms with van der Waals surface area (Å²) in [7, 11) is -3.55. The van der Waals surface area contributed by atoms with E-state index in [-0.39, 0.29) is 0 Å². The Labute approximate surface area is 188 Å². The van der Waals surface area contributed by atoms with Crippen LogP contribution in [-0.2, 0) is 10.0 Å². The molecule has 1 N–H and O–H groups in total. The fraction of sp³-hybridized carbons (Fsp3) is 0.435. The summed E-state index contributed by atoms with van der Waals surface area (Å²) in [4.78, 5) is 7.36. The van der Waals surface area contributed by atoms with Crippen LogP contribution < -0.4 is 14.4 Å². The molecular weight excluding hydrogens is 430 g/mol. The molecule has 3 aromatic rings. The largest absolute Gasteiger partial charge is 0.493 e. The quantitative estimate of drug-likeness (QED) is 0.563. The summed E-state index contributed by atoms with van der Waals surface area (Å²) in [6.45, 7) is 8.50. The van der Waals surface area contributed by atoms with Gasteiger partial charge in [-0.1, -0.05) is 23.5 Å². The lowest BCUT2D eigenvalue weighted by Gasteiger charge is -2.31. The third-order valence-corrected chi connectivity index (χ3v) is 8.26. The number of thiazole rings is 1. The van der Waals surface area contributed by atoms with Crippen molar-refractivity contribution in [3.05, 3.63) is 47.5 Å². The van der Waals surface area contributed by atoms with E-state index >= 15 is 0 Å². The van der Waals surface area contributed by atoms with Crippen molar-refractivity contribution in [1.82, 2.24) is 9.71 Å². The molecular formula is C23H29N3O3S2. The van der Waals surface area contributed by atoms with Crippen LogP contribution in [-0.4, -0.2) is 39.6 Å². The number of ether oxygens (including phenoxy) is 1. The Morgan fingerprint density at radius 3 is 2.48 bits per heavy atom. The van der Waals surface area contributed by atoms with E-state index in [0.717, 1.165) is 53.5 Å². The molecule has 4 rings (SSSR count).